The molecule has 0 atom stereocenters. The first-order chi connectivity index (χ1) is 12.5. The van der Waals surface area contributed by atoms with Gasteiger partial charge in [0.2, 0.25) is 0 Å². The molecule has 0 heterocycles. The van der Waals surface area contributed by atoms with Crippen molar-refractivity contribution in [1.82, 2.24) is 0 Å². The fraction of sp³-hybridized carbons (Fsp3) is 0. The minimum Gasteiger partial charge on any atom is -0.398 e. The van der Waals surface area contributed by atoms with Crippen molar-refractivity contribution in [2.24, 2.45) is 0 Å². The number of halogens is 2. The third-order valence-electron chi connectivity index (χ3n) is 3.80. The summed E-state index contributed by atoms with van der Waals surface area (Å²) in [7, 11) is 0. The molecule has 3 N–H and O–H groups in total. The summed E-state index contributed by atoms with van der Waals surface area (Å²) in [5.74, 6) is -0.756. The molecule has 3 rings (SSSR count). The van der Waals surface area contributed by atoms with Crippen LogP contribution >= 0.6 is 23.2 Å². The quantitative estimate of drug-likeness (QED) is 0.487. The number of rotatable bonds is 4. The molecule has 0 aromatic heterocycles. The SMILES string of the molecule is Nc1ccccc1C(=O)Nc1ccc(Cl)cc1C(=O)c1ccccc1Cl. The molecule has 3 aromatic rings. The van der Waals surface area contributed by atoms with E-state index in [1.807, 2.05) is 0 Å². The van der Waals surface area contributed by atoms with Gasteiger partial charge in [0.1, 0.15) is 0 Å². The molecule has 4 nitrogen and oxygen atoms in total. The van der Waals surface area contributed by atoms with Crippen LogP contribution in [0.4, 0.5) is 11.4 Å². The van der Waals surface area contributed by atoms with Crippen molar-refractivity contribution in [2.75, 3.05) is 11.1 Å². The van der Waals surface area contributed by atoms with E-state index < -0.39 is 5.91 Å². The van der Waals surface area contributed by atoms with Crippen molar-refractivity contribution >= 4 is 46.3 Å². The Morgan fingerprint density at radius 1 is 0.808 bits per heavy atom. The maximum absolute atomic E-state index is 12.9. The van der Waals surface area contributed by atoms with E-state index in [1.165, 1.54) is 6.07 Å². The monoisotopic (exact) mass is 384 g/mol. The molecule has 0 saturated heterocycles. The molecule has 1 amide bonds. The lowest BCUT2D eigenvalue weighted by molar-refractivity contribution is 0.102. The van der Waals surface area contributed by atoms with Gasteiger partial charge in [-0.25, -0.2) is 0 Å². The molecular formula is C20H14Cl2N2O2. The van der Waals surface area contributed by atoms with Crippen LogP contribution in [0.5, 0.6) is 0 Å². The van der Waals surface area contributed by atoms with Crippen molar-refractivity contribution in [3.05, 3.63) is 93.5 Å². The van der Waals surface area contributed by atoms with Gasteiger partial charge < -0.3 is 11.1 Å². The molecule has 0 radical (unpaired) electrons. The van der Waals surface area contributed by atoms with Gasteiger partial charge in [0.15, 0.2) is 5.78 Å². The summed E-state index contributed by atoms with van der Waals surface area (Å²) >= 11 is 12.2. The van der Waals surface area contributed by atoms with Crippen molar-refractivity contribution in [3.63, 3.8) is 0 Å². The number of carbonyl (C=O) groups excluding carboxylic acids is 2. The number of nitrogens with two attached hydrogens (primary N) is 1. The molecule has 0 aliphatic carbocycles. The second-order valence-electron chi connectivity index (χ2n) is 5.54. The third kappa shape index (κ3) is 3.72. The maximum Gasteiger partial charge on any atom is 0.257 e. The molecule has 26 heavy (non-hydrogen) atoms. The zero-order chi connectivity index (χ0) is 18.7. The lowest BCUT2D eigenvalue weighted by Gasteiger charge is -2.12. The Labute approximate surface area is 160 Å². The van der Waals surface area contributed by atoms with E-state index in [1.54, 1.807) is 60.7 Å². The fourth-order valence-corrected chi connectivity index (χ4v) is 2.89. The largest absolute Gasteiger partial charge is 0.398 e. The van der Waals surface area contributed by atoms with E-state index in [4.69, 9.17) is 28.9 Å². The third-order valence-corrected chi connectivity index (χ3v) is 4.36. The summed E-state index contributed by atoms with van der Waals surface area (Å²) in [6, 6.07) is 18.0. The lowest BCUT2D eigenvalue weighted by Crippen LogP contribution is -2.16. The minimum atomic E-state index is -0.418. The molecule has 0 aliphatic rings. The first kappa shape index (κ1) is 18.0. The van der Waals surface area contributed by atoms with Crippen LogP contribution in [0, 0.1) is 0 Å². The van der Waals surface area contributed by atoms with Crippen LogP contribution in [0.1, 0.15) is 26.3 Å². The van der Waals surface area contributed by atoms with Gasteiger partial charge in [0.05, 0.1) is 16.3 Å². The highest BCUT2D eigenvalue weighted by atomic mass is 35.5. The molecule has 0 saturated carbocycles. The standard InChI is InChI=1S/C20H14Cl2N2O2/c21-12-9-10-18(24-20(26)14-6-2-4-8-17(14)23)15(11-12)19(25)13-5-1-3-7-16(13)22/h1-11H,23H2,(H,24,26). The van der Waals surface area contributed by atoms with Crippen LogP contribution < -0.4 is 11.1 Å². The zero-order valence-corrected chi connectivity index (χ0v) is 15.0. The molecule has 130 valence electrons. The Morgan fingerprint density at radius 2 is 1.46 bits per heavy atom. The average Bonchev–Trinajstić information content (AvgIpc) is 2.63. The number of para-hydroxylation sites is 1. The Hall–Kier alpha value is -2.82. The first-order valence-corrected chi connectivity index (χ1v) is 8.47. The predicted molar refractivity (Wildman–Crippen MR) is 105 cm³/mol. The van der Waals surface area contributed by atoms with Gasteiger partial charge in [-0.1, -0.05) is 47.5 Å². The van der Waals surface area contributed by atoms with E-state index in [0.29, 0.717) is 32.5 Å². The summed E-state index contributed by atoms with van der Waals surface area (Å²) in [5.41, 5.74) is 7.40. The molecule has 6 heteroatoms. The number of hydrogen-bond donors (Lipinski definition) is 2. The number of nitrogens with one attached hydrogen (secondary N) is 1. The van der Waals surface area contributed by atoms with E-state index in [0.717, 1.165) is 0 Å². The molecule has 0 bridgehead atoms. The highest BCUT2D eigenvalue weighted by Gasteiger charge is 2.19. The van der Waals surface area contributed by atoms with Gasteiger partial charge in [0, 0.05) is 21.8 Å². The number of nitrogen functional groups attached to an aromatic ring is 1. The Bertz CT molecular complexity index is 1000. The minimum absolute atomic E-state index is 0.244. The number of anilines is 2. The topological polar surface area (TPSA) is 72.2 Å². The number of amides is 1. The van der Waals surface area contributed by atoms with Gasteiger partial charge in [-0.3, -0.25) is 9.59 Å². The highest BCUT2D eigenvalue weighted by Crippen LogP contribution is 2.27. The van der Waals surface area contributed by atoms with Gasteiger partial charge in [-0.2, -0.15) is 0 Å². The molecule has 0 unspecified atom stereocenters. The second kappa shape index (κ2) is 7.60. The Balaban J connectivity index is 1.99. The second-order valence-corrected chi connectivity index (χ2v) is 6.38. The van der Waals surface area contributed by atoms with E-state index >= 15 is 0 Å². The van der Waals surface area contributed by atoms with Crippen molar-refractivity contribution in [2.45, 2.75) is 0 Å². The average molecular weight is 385 g/mol. The highest BCUT2D eigenvalue weighted by molar-refractivity contribution is 6.36. The number of hydrogen-bond acceptors (Lipinski definition) is 3. The zero-order valence-electron chi connectivity index (χ0n) is 13.5. The van der Waals surface area contributed by atoms with Gasteiger partial charge >= 0.3 is 0 Å². The summed E-state index contributed by atoms with van der Waals surface area (Å²) in [6.45, 7) is 0. The van der Waals surface area contributed by atoms with Crippen LogP contribution in [0.15, 0.2) is 66.7 Å². The lowest BCUT2D eigenvalue weighted by atomic mass is 10.0. The number of ketones is 1. The van der Waals surface area contributed by atoms with Gasteiger partial charge in [-0.05, 0) is 42.5 Å². The summed E-state index contributed by atoms with van der Waals surface area (Å²) in [6.07, 6.45) is 0. The molecule has 0 spiro atoms. The smallest absolute Gasteiger partial charge is 0.257 e. The number of carbonyl (C=O) groups is 2. The molecule has 0 aliphatic heterocycles. The van der Waals surface area contributed by atoms with Crippen molar-refractivity contribution in [3.8, 4) is 0 Å². The predicted octanol–water partition coefficient (Wildman–Crippen LogP) is 5.06. The van der Waals surface area contributed by atoms with E-state index in [2.05, 4.69) is 5.32 Å². The summed E-state index contributed by atoms with van der Waals surface area (Å²) in [5, 5.41) is 3.42. The van der Waals surface area contributed by atoms with E-state index in [-0.39, 0.29) is 11.3 Å². The fourth-order valence-electron chi connectivity index (χ4n) is 2.50. The maximum atomic E-state index is 12.9. The Morgan fingerprint density at radius 3 is 2.15 bits per heavy atom. The van der Waals surface area contributed by atoms with Crippen LogP contribution in [-0.2, 0) is 0 Å². The van der Waals surface area contributed by atoms with Crippen molar-refractivity contribution < 1.29 is 9.59 Å². The van der Waals surface area contributed by atoms with Gasteiger partial charge in [-0.15, -0.1) is 0 Å². The Kier molecular flexibility index (Phi) is 5.26. The molecular weight excluding hydrogens is 371 g/mol. The first-order valence-electron chi connectivity index (χ1n) is 7.72. The normalized spacial score (nSPS) is 10.4. The van der Waals surface area contributed by atoms with Crippen LogP contribution in [0.2, 0.25) is 10.0 Å². The summed E-state index contributed by atoms with van der Waals surface area (Å²) < 4.78 is 0. The number of benzene rings is 3. The van der Waals surface area contributed by atoms with Crippen LogP contribution in [-0.4, -0.2) is 11.7 Å². The van der Waals surface area contributed by atoms with Crippen LogP contribution in [0.25, 0.3) is 0 Å². The van der Waals surface area contributed by atoms with Gasteiger partial charge in [0.25, 0.3) is 5.91 Å². The van der Waals surface area contributed by atoms with Crippen molar-refractivity contribution in [1.29, 1.82) is 0 Å². The summed E-state index contributed by atoms with van der Waals surface area (Å²) in [4.78, 5) is 25.4. The molecule has 3 aromatic carbocycles. The molecule has 0 fully saturated rings. The van der Waals surface area contributed by atoms with Crippen LogP contribution in [0.3, 0.4) is 0 Å². The van der Waals surface area contributed by atoms with E-state index in [9.17, 15) is 9.59 Å².